The van der Waals surface area contributed by atoms with Crippen LogP contribution in [-0.2, 0) is 24.3 Å². The summed E-state index contributed by atoms with van der Waals surface area (Å²) in [5.41, 5.74) is 2.37. The van der Waals surface area contributed by atoms with Gasteiger partial charge < -0.3 is 10.6 Å². The summed E-state index contributed by atoms with van der Waals surface area (Å²) in [5.74, 6) is 0.167. The van der Waals surface area contributed by atoms with Crippen LogP contribution in [0.15, 0.2) is 6.07 Å². The minimum atomic E-state index is 0.167. The maximum absolute atomic E-state index is 11.1. The monoisotopic (exact) mass is 250 g/mol. The third-order valence-electron chi connectivity index (χ3n) is 3.41. The van der Waals surface area contributed by atoms with E-state index in [9.17, 15) is 4.79 Å². The van der Waals surface area contributed by atoms with Gasteiger partial charge >= 0.3 is 0 Å². The second-order valence-corrected chi connectivity index (χ2v) is 4.72. The molecule has 0 aliphatic carbocycles. The SMILES string of the molecule is CCc1cc(CNC2CCC(=O)NC2)n(CC)n1. The first kappa shape index (κ1) is 13.1. The van der Waals surface area contributed by atoms with Crippen LogP contribution in [0, 0.1) is 0 Å². The van der Waals surface area contributed by atoms with Gasteiger partial charge in [-0.1, -0.05) is 6.92 Å². The fourth-order valence-corrected chi connectivity index (χ4v) is 2.26. The van der Waals surface area contributed by atoms with Crippen molar-refractivity contribution in [1.29, 1.82) is 0 Å². The van der Waals surface area contributed by atoms with Gasteiger partial charge in [0.15, 0.2) is 0 Å². The summed E-state index contributed by atoms with van der Waals surface area (Å²) in [6.45, 7) is 6.69. The molecule has 1 amide bonds. The number of carbonyl (C=O) groups is 1. The Bertz CT molecular complexity index is 403. The summed E-state index contributed by atoms with van der Waals surface area (Å²) in [7, 11) is 0. The Morgan fingerprint density at radius 2 is 2.39 bits per heavy atom. The first-order valence-electron chi connectivity index (χ1n) is 6.78. The summed E-state index contributed by atoms with van der Waals surface area (Å²) in [4.78, 5) is 11.1. The molecule has 0 spiro atoms. The van der Waals surface area contributed by atoms with Gasteiger partial charge in [0.05, 0.1) is 11.4 Å². The molecule has 1 aromatic heterocycles. The Labute approximate surface area is 108 Å². The van der Waals surface area contributed by atoms with E-state index in [-0.39, 0.29) is 5.91 Å². The van der Waals surface area contributed by atoms with E-state index in [0.717, 1.165) is 38.2 Å². The van der Waals surface area contributed by atoms with E-state index in [4.69, 9.17) is 0 Å². The maximum Gasteiger partial charge on any atom is 0.220 e. The average molecular weight is 250 g/mol. The molecule has 5 nitrogen and oxygen atoms in total. The number of rotatable bonds is 5. The van der Waals surface area contributed by atoms with Gasteiger partial charge in [0.2, 0.25) is 5.91 Å². The molecule has 2 heterocycles. The number of hydrogen-bond acceptors (Lipinski definition) is 3. The summed E-state index contributed by atoms with van der Waals surface area (Å²) in [6, 6.07) is 2.55. The molecule has 1 aliphatic heterocycles. The van der Waals surface area contributed by atoms with Crippen molar-refractivity contribution in [3.63, 3.8) is 0 Å². The lowest BCUT2D eigenvalue weighted by molar-refractivity contribution is -0.122. The van der Waals surface area contributed by atoms with Gasteiger partial charge in [0.1, 0.15) is 0 Å². The zero-order chi connectivity index (χ0) is 13.0. The predicted molar refractivity (Wildman–Crippen MR) is 70.2 cm³/mol. The molecule has 0 bridgehead atoms. The Kier molecular flexibility index (Phi) is 4.36. The molecule has 2 rings (SSSR count). The quantitative estimate of drug-likeness (QED) is 0.814. The summed E-state index contributed by atoms with van der Waals surface area (Å²) in [6.07, 6.45) is 2.52. The Hall–Kier alpha value is -1.36. The van der Waals surface area contributed by atoms with Gasteiger partial charge in [-0.15, -0.1) is 0 Å². The van der Waals surface area contributed by atoms with Gasteiger partial charge in [-0.05, 0) is 25.8 Å². The fourth-order valence-electron chi connectivity index (χ4n) is 2.26. The summed E-state index contributed by atoms with van der Waals surface area (Å²) < 4.78 is 2.05. The number of aryl methyl sites for hydroxylation is 2. The van der Waals surface area contributed by atoms with Gasteiger partial charge in [0, 0.05) is 32.1 Å². The standard InChI is InChI=1S/C13H22N4O/c1-3-10-7-12(17(4-2)16-10)9-14-11-5-6-13(18)15-8-11/h7,11,14H,3-6,8-9H2,1-2H3,(H,15,18). The topological polar surface area (TPSA) is 59.0 Å². The highest BCUT2D eigenvalue weighted by Crippen LogP contribution is 2.08. The molecular formula is C13H22N4O. The summed E-state index contributed by atoms with van der Waals surface area (Å²) >= 11 is 0. The lowest BCUT2D eigenvalue weighted by Crippen LogP contribution is -2.45. The highest BCUT2D eigenvalue weighted by atomic mass is 16.1. The number of nitrogens with zero attached hydrogens (tertiary/aromatic N) is 2. The van der Waals surface area contributed by atoms with Gasteiger partial charge in [-0.3, -0.25) is 9.48 Å². The zero-order valence-electron chi connectivity index (χ0n) is 11.2. The molecule has 0 aromatic carbocycles. The molecule has 0 saturated carbocycles. The normalized spacial score (nSPS) is 19.9. The summed E-state index contributed by atoms with van der Waals surface area (Å²) in [5, 5.41) is 10.9. The van der Waals surface area contributed by atoms with Gasteiger partial charge in [-0.25, -0.2) is 0 Å². The number of aromatic nitrogens is 2. The maximum atomic E-state index is 11.1. The average Bonchev–Trinajstić information content (AvgIpc) is 2.80. The lowest BCUT2D eigenvalue weighted by Gasteiger charge is -2.23. The van der Waals surface area contributed by atoms with Crippen molar-refractivity contribution in [2.45, 2.75) is 52.2 Å². The van der Waals surface area contributed by atoms with Crippen LogP contribution >= 0.6 is 0 Å². The van der Waals surface area contributed by atoms with Crippen molar-refractivity contribution in [2.24, 2.45) is 0 Å². The Balaban J connectivity index is 1.89. The van der Waals surface area contributed by atoms with Crippen LogP contribution in [0.2, 0.25) is 0 Å². The third kappa shape index (κ3) is 3.10. The van der Waals surface area contributed by atoms with E-state index in [2.05, 4.69) is 35.6 Å². The molecule has 1 fully saturated rings. The third-order valence-corrected chi connectivity index (χ3v) is 3.41. The number of nitrogens with one attached hydrogen (secondary N) is 2. The smallest absolute Gasteiger partial charge is 0.220 e. The molecule has 1 aliphatic rings. The number of carbonyl (C=O) groups excluding carboxylic acids is 1. The largest absolute Gasteiger partial charge is 0.355 e. The van der Waals surface area contributed by atoms with E-state index < -0.39 is 0 Å². The van der Waals surface area contributed by atoms with Crippen molar-refractivity contribution in [3.05, 3.63) is 17.5 Å². The second kappa shape index (κ2) is 6.00. The second-order valence-electron chi connectivity index (χ2n) is 4.72. The fraction of sp³-hybridized carbons (Fsp3) is 0.692. The van der Waals surface area contributed by atoms with Crippen molar-refractivity contribution >= 4 is 5.91 Å². The Morgan fingerprint density at radius 3 is 3.00 bits per heavy atom. The van der Waals surface area contributed by atoms with Crippen molar-refractivity contribution < 1.29 is 4.79 Å². The molecule has 100 valence electrons. The molecule has 1 aromatic rings. The van der Waals surface area contributed by atoms with E-state index in [0.29, 0.717) is 12.5 Å². The molecule has 1 unspecified atom stereocenters. The van der Waals surface area contributed by atoms with Crippen LogP contribution in [0.4, 0.5) is 0 Å². The molecule has 18 heavy (non-hydrogen) atoms. The molecule has 5 heteroatoms. The van der Waals surface area contributed by atoms with Crippen molar-refractivity contribution in [3.8, 4) is 0 Å². The number of amides is 1. The van der Waals surface area contributed by atoms with Gasteiger partial charge in [0.25, 0.3) is 0 Å². The van der Waals surface area contributed by atoms with Gasteiger partial charge in [-0.2, -0.15) is 5.10 Å². The van der Waals surface area contributed by atoms with Crippen LogP contribution < -0.4 is 10.6 Å². The minimum absolute atomic E-state index is 0.167. The molecule has 1 atom stereocenters. The number of piperidine rings is 1. The van der Waals surface area contributed by atoms with E-state index in [1.807, 2.05) is 4.68 Å². The Morgan fingerprint density at radius 1 is 1.56 bits per heavy atom. The first-order chi connectivity index (χ1) is 8.72. The zero-order valence-corrected chi connectivity index (χ0v) is 11.2. The van der Waals surface area contributed by atoms with Crippen LogP contribution in [-0.4, -0.2) is 28.3 Å². The first-order valence-corrected chi connectivity index (χ1v) is 6.78. The van der Waals surface area contributed by atoms with E-state index >= 15 is 0 Å². The highest BCUT2D eigenvalue weighted by molar-refractivity contribution is 5.76. The van der Waals surface area contributed by atoms with Crippen LogP contribution in [0.1, 0.15) is 38.1 Å². The lowest BCUT2D eigenvalue weighted by atomic mass is 10.1. The van der Waals surface area contributed by atoms with Crippen LogP contribution in [0.3, 0.4) is 0 Å². The van der Waals surface area contributed by atoms with Crippen molar-refractivity contribution in [2.75, 3.05) is 6.54 Å². The van der Waals surface area contributed by atoms with Crippen LogP contribution in [0.25, 0.3) is 0 Å². The molecule has 1 saturated heterocycles. The highest BCUT2D eigenvalue weighted by Gasteiger charge is 2.17. The van der Waals surface area contributed by atoms with Crippen LogP contribution in [0.5, 0.6) is 0 Å². The van der Waals surface area contributed by atoms with Crippen molar-refractivity contribution in [1.82, 2.24) is 20.4 Å². The minimum Gasteiger partial charge on any atom is -0.355 e. The van der Waals surface area contributed by atoms with E-state index in [1.165, 1.54) is 5.69 Å². The molecular weight excluding hydrogens is 228 g/mol. The molecule has 0 radical (unpaired) electrons. The molecule has 2 N–H and O–H groups in total. The van der Waals surface area contributed by atoms with E-state index in [1.54, 1.807) is 0 Å². The number of hydrogen-bond donors (Lipinski definition) is 2. The predicted octanol–water partition coefficient (Wildman–Crippen LogP) is 0.834.